The molecule has 2 heterocycles. The molecule has 1 aliphatic rings. The smallest absolute Gasteiger partial charge is 0.215 e. The first-order valence-corrected chi connectivity index (χ1v) is 9.18. The lowest BCUT2D eigenvalue weighted by Gasteiger charge is -2.24. The fourth-order valence-corrected chi connectivity index (χ4v) is 2.89. The number of aromatic nitrogens is 1. The zero-order valence-corrected chi connectivity index (χ0v) is 14.9. The molecule has 130 valence electrons. The maximum absolute atomic E-state index is 11.8. The van der Waals surface area contributed by atoms with Crippen LogP contribution in [0.1, 0.15) is 58.6 Å². The van der Waals surface area contributed by atoms with Crippen molar-refractivity contribution in [1.82, 2.24) is 5.16 Å². The van der Waals surface area contributed by atoms with Crippen molar-refractivity contribution in [3.63, 3.8) is 0 Å². The summed E-state index contributed by atoms with van der Waals surface area (Å²) in [5.41, 5.74) is 0.706. The number of ether oxygens (including phenoxy) is 2. The van der Waals surface area contributed by atoms with E-state index in [2.05, 4.69) is 9.55 Å². The van der Waals surface area contributed by atoms with Gasteiger partial charge in [0.2, 0.25) is 5.79 Å². The summed E-state index contributed by atoms with van der Waals surface area (Å²) in [4.78, 5) is 0. The van der Waals surface area contributed by atoms with Gasteiger partial charge in [-0.2, -0.15) is 0 Å². The Morgan fingerprint density at radius 1 is 1.30 bits per heavy atom. The van der Waals surface area contributed by atoms with Gasteiger partial charge in [0.15, 0.2) is 0 Å². The van der Waals surface area contributed by atoms with E-state index in [-0.39, 0.29) is 4.75 Å². The lowest BCUT2D eigenvalue weighted by Crippen LogP contribution is -2.27. The maximum atomic E-state index is 11.8. The van der Waals surface area contributed by atoms with Crippen LogP contribution in [0.3, 0.4) is 0 Å². The van der Waals surface area contributed by atoms with Gasteiger partial charge in [-0.15, -0.1) is 0 Å². The Morgan fingerprint density at radius 3 is 2.65 bits per heavy atom. The van der Waals surface area contributed by atoms with Gasteiger partial charge >= 0.3 is 0 Å². The Kier molecular flexibility index (Phi) is 6.64. The molecule has 0 aliphatic carbocycles. The minimum Gasteiger partial charge on any atom is -0.591 e. The summed E-state index contributed by atoms with van der Waals surface area (Å²) in [6.07, 6.45) is 7.89. The molecule has 0 spiro atoms. The molecule has 1 fully saturated rings. The molecule has 23 heavy (non-hydrogen) atoms. The summed E-state index contributed by atoms with van der Waals surface area (Å²) < 4.78 is 32.0. The number of nitrogens with zero attached hydrogens (tertiary/aromatic N) is 2. The fraction of sp³-hybridized carbons (Fsp3) is 0.750. The van der Waals surface area contributed by atoms with Crippen LogP contribution >= 0.6 is 0 Å². The first kappa shape index (κ1) is 18.4. The summed E-state index contributed by atoms with van der Waals surface area (Å²) in [6.45, 7) is 6.93. The molecule has 2 rings (SSSR count). The van der Waals surface area contributed by atoms with Crippen LogP contribution in [0.15, 0.2) is 21.3 Å². The molecule has 1 unspecified atom stereocenters. The molecule has 1 saturated heterocycles. The molecule has 6 nitrogen and oxygen atoms in total. The zero-order valence-electron chi connectivity index (χ0n) is 14.1. The number of hydrogen-bond acceptors (Lipinski definition) is 6. The van der Waals surface area contributed by atoms with Crippen LogP contribution in [0.4, 0.5) is 0 Å². The van der Waals surface area contributed by atoms with E-state index in [9.17, 15) is 4.55 Å². The first-order valence-electron chi connectivity index (χ1n) is 8.07. The van der Waals surface area contributed by atoms with Crippen LogP contribution in [0.25, 0.3) is 0 Å². The van der Waals surface area contributed by atoms with E-state index < -0.39 is 17.1 Å². The minimum atomic E-state index is -1.16. The molecule has 0 bridgehead atoms. The Morgan fingerprint density at radius 2 is 2.04 bits per heavy atom. The summed E-state index contributed by atoms with van der Waals surface area (Å²) in [5, 5.41) is 3.96. The third-order valence-electron chi connectivity index (χ3n) is 3.62. The van der Waals surface area contributed by atoms with Crippen molar-refractivity contribution in [3.05, 3.63) is 18.0 Å². The third kappa shape index (κ3) is 5.31. The molecular formula is C16H26N2O4S. The molecule has 1 aromatic rings. The van der Waals surface area contributed by atoms with E-state index in [0.717, 1.165) is 32.1 Å². The summed E-state index contributed by atoms with van der Waals surface area (Å²) in [5.74, 6) is -0.741. The molecule has 0 amide bonds. The van der Waals surface area contributed by atoms with Gasteiger partial charge in [-0.05, 0) is 40.0 Å². The van der Waals surface area contributed by atoms with Crippen LogP contribution in [0.5, 0.6) is 0 Å². The summed E-state index contributed by atoms with van der Waals surface area (Å²) in [6, 6.07) is 1.79. The van der Waals surface area contributed by atoms with Crippen molar-refractivity contribution in [2.75, 3.05) is 13.2 Å². The van der Waals surface area contributed by atoms with Gasteiger partial charge in [-0.25, -0.2) is 0 Å². The van der Waals surface area contributed by atoms with Gasteiger partial charge < -0.3 is 18.5 Å². The van der Waals surface area contributed by atoms with E-state index in [1.165, 1.54) is 6.26 Å². The second-order valence-corrected chi connectivity index (χ2v) is 8.52. The Bertz CT molecular complexity index is 479. The molecular weight excluding hydrogens is 316 g/mol. The highest BCUT2D eigenvalue weighted by molar-refractivity contribution is 7.91. The summed E-state index contributed by atoms with van der Waals surface area (Å²) in [7, 11) is 0. The third-order valence-corrected chi connectivity index (χ3v) is 5.00. The highest BCUT2D eigenvalue weighted by Gasteiger charge is 2.40. The fourth-order valence-electron chi connectivity index (χ4n) is 2.33. The SMILES string of the molecule is CC(C)(C)[S+]([O-])/N=C/CCCCCC1(c2ccon2)OCCO1. The van der Waals surface area contributed by atoms with Gasteiger partial charge in [0.05, 0.1) is 19.4 Å². The normalized spacial score (nSPS) is 19.5. The first-order chi connectivity index (χ1) is 10.9. The minimum absolute atomic E-state index is 0.294. The zero-order chi connectivity index (χ0) is 16.8. The molecule has 1 aromatic heterocycles. The van der Waals surface area contributed by atoms with E-state index in [1.807, 2.05) is 20.8 Å². The monoisotopic (exact) mass is 342 g/mol. The van der Waals surface area contributed by atoms with Crippen LogP contribution in [-0.2, 0) is 26.6 Å². The number of rotatable bonds is 8. The van der Waals surface area contributed by atoms with Gasteiger partial charge in [-0.3, -0.25) is 0 Å². The molecule has 0 saturated carbocycles. The van der Waals surface area contributed by atoms with Gasteiger partial charge in [-0.1, -0.05) is 16.0 Å². The highest BCUT2D eigenvalue weighted by Crippen LogP contribution is 2.35. The Balaban J connectivity index is 1.68. The van der Waals surface area contributed by atoms with Crippen molar-refractivity contribution in [2.24, 2.45) is 4.40 Å². The summed E-state index contributed by atoms with van der Waals surface area (Å²) >= 11 is -1.16. The average molecular weight is 342 g/mol. The van der Waals surface area contributed by atoms with Crippen molar-refractivity contribution in [2.45, 2.75) is 63.4 Å². The van der Waals surface area contributed by atoms with E-state index in [4.69, 9.17) is 14.0 Å². The maximum Gasteiger partial charge on any atom is 0.215 e. The number of unbranched alkanes of at least 4 members (excludes halogenated alkanes) is 3. The lowest BCUT2D eigenvalue weighted by atomic mass is 10.0. The van der Waals surface area contributed by atoms with Gasteiger partial charge in [0.25, 0.3) is 0 Å². The van der Waals surface area contributed by atoms with Crippen molar-refractivity contribution in [1.29, 1.82) is 0 Å². The van der Waals surface area contributed by atoms with Crippen LogP contribution in [-0.4, -0.2) is 33.9 Å². The topological polar surface area (TPSA) is 79.9 Å². The van der Waals surface area contributed by atoms with Crippen LogP contribution in [0.2, 0.25) is 0 Å². The molecule has 0 N–H and O–H groups in total. The predicted octanol–water partition coefficient (Wildman–Crippen LogP) is 3.36. The van der Waals surface area contributed by atoms with E-state index in [0.29, 0.717) is 18.9 Å². The Hall–Kier alpha value is -0.890. The quantitative estimate of drug-likeness (QED) is 0.411. The van der Waals surface area contributed by atoms with Crippen LogP contribution < -0.4 is 0 Å². The largest absolute Gasteiger partial charge is 0.591 e. The average Bonchev–Trinajstić information content (AvgIpc) is 3.17. The molecule has 0 radical (unpaired) electrons. The molecule has 0 aromatic carbocycles. The van der Waals surface area contributed by atoms with Gasteiger partial charge in [0.1, 0.15) is 28.1 Å². The second-order valence-electron chi connectivity index (χ2n) is 6.58. The number of hydrogen-bond donors (Lipinski definition) is 0. The Labute approximate surface area is 140 Å². The molecule has 1 atom stereocenters. The van der Waals surface area contributed by atoms with Crippen molar-refractivity contribution < 1.29 is 18.5 Å². The van der Waals surface area contributed by atoms with Gasteiger partial charge in [0, 0.05) is 12.5 Å². The van der Waals surface area contributed by atoms with Crippen LogP contribution in [0, 0.1) is 0 Å². The van der Waals surface area contributed by atoms with E-state index >= 15 is 0 Å². The lowest BCUT2D eigenvalue weighted by molar-refractivity contribution is -0.175. The highest BCUT2D eigenvalue weighted by atomic mass is 32.2. The van der Waals surface area contributed by atoms with Crippen molar-refractivity contribution >= 4 is 17.6 Å². The molecule has 1 aliphatic heterocycles. The molecule has 7 heteroatoms. The van der Waals surface area contributed by atoms with E-state index in [1.54, 1.807) is 12.3 Å². The van der Waals surface area contributed by atoms with Crippen molar-refractivity contribution in [3.8, 4) is 0 Å². The standard InChI is InChI=1S/C16H26N2O4S/c1-15(2,3)23(19)17-10-7-5-4-6-9-16(20-12-13-21-16)14-8-11-22-18-14/h8,10-11H,4-7,9,12-13H2,1-3H3/b17-10+. The predicted molar refractivity (Wildman–Crippen MR) is 89.6 cm³/mol. The second kappa shape index (κ2) is 8.28.